The number of methoxy groups -OCH3 is 1. The van der Waals surface area contributed by atoms with Crippen molar-refractivity contribution >= 4 is 5.95 Å². The third-order valence-electron chi connectivity index (χ3n) is 3.11. The Balaban J connectivity index is 2.14. The molecule has 20 heavy (non-hydrogen) atoms. The molecule has 0 spiro atoms. The van der Waals surface area contributed by atoms with Gasteiger partial charge in [0.15, 0.2) is 0 Å². The molecule has 1 heterocycles. The van der Waals surface area contributed by atoms with Crippen LogP contribution in [-0.4, -0.2) is 37.3 Å². The van der Waals surface area contributed by atoms with Crippen molar-refractivity contribution in [1.29, 1.82) is 0 Å². The number of likely N-dealkylation sites (N-methyl/N-ethyl adjacent to an activating group) is 1. The van der Waals surface area contributed by atoms with E-state index in [1.54, 1.807) is 7.11 Å². The van der Waals surface area contributed by atoms with Crippen molar-refractivity contribution in [3.8, 4) is 11.1 Å². The average molecular weight is 272 g/mol. The molecule has 5 nitrogen and oxygen atoms in total. The Bertz CT molecular complexity index is 542. The largest absolute Gasteiger partial charge is 0.383 e. The van der Waals surface area contributed by atoms with E-state index in [0.717, 1.165) is 23.2 Å². The van der Waals surface area contributed by atoms with Gasteiger partial charge in [0.05, 0.1) is 6.61 Å². The molecule has 5 heteroatoms. The summed E-state index contributed by atoms with van der Waals surface area (Å²) in [6.45, 7) is 1.95. The van der Waals surface area contributed by atoms with Crippen molar-refractivity contribution in [2.24, 2.45) is 5.73 Å². The summed E-state index contributed by atoms with van der Waals surface area (Å²) in [5, 5.41) is 0. The molecule has 1 aromatic carbocycles. The first kappa shape index (κ1) is 14.4. The zero-order chi connectivity index (χ0) is 14.4. The van der Waals surface area contributed by atoms with Gasteiger partial charge in [-0.15, -0.1) is 0 Å². The molecule has 0 fully saturated rings. The van der Waals surface area contributed by atoms with Crippen LogP contribution < -0.4 is 10.6 Å². The van der Waals surface area contributed by atoms with Gasteiger partial charge in [-0.3, -0.25) is 0 Å². The number of anilines is 1. The molecule has 2 rings (SSSR count). The topological polar surface area (TPSA) is 64.3 Å². The van der Waals surface area contributed by atoms with Crippen LogP contribution in [0.25, 0.3) is 11.1 Å². The Morgan fingerprint density at radius 1 is 1.20 bits per heavy atom. The van der Waals surface area contributed by atoms with E-state index in [9.17, 15) is 0 Å². The summed E-state index contributed by atoms with van der Waals surface area (Å²) in [5.41, 5.74) is 8.83. The number of aromatic nitrogens is 2. The Labute approximate surface area is 119 Å². The monoisotopic (exact) mass is 272 g/mol. The Morgan fingerprint density at radius 2 is 1.95 bits per heavy atom. The number of nitrogens with zero attached hydrogens (tertiary/aromatic N) is 3. The van der Waals surface area contributed by atoms with Crippen LogP contribution >= 0.6 is 0 Å². The summed E-state index contributed by atoms with van der Waals surface area (Å²) in [7, 11) is 3.63. The first-order chi connectivity index (χ1) is 9.74. The molecule has 0 amide bonds. The molecule has 0 bridgehead atoms. The highest BCUT2D eigenvalue weighted by Crippen LogP contribution is 2.19. The van der Waals surface area contributed by atoms with Crippen LogP contribution in [0.15, 0.2) is 36.7 Å². The lowest BCUT2D eigenvalue weighted by Crippen LogP contribution is -2.23. The van der Waals surface area contributed by atoms with Crippen LogP contribution in [0.1, 0.15) is 5.56 Å². The fraction of sp³-hybridized carbons (Fsp3) is 0.333. The lowest BCUT2D eigenvalue weighted by molar-refractivity contribution is 0.206. The zero-order valence-corrected chi connectivity index (χ0v) is 11.9. The smallest absolute Gasteiger partial charge is 0.225 e. The zero-order valence-electron chi connectivity index (χ0n) is 11.9. The first-order valence-corrected chi connectivity index (χ1v) is 6.56. The number of nitrogens with two attached hydrogens (primary N) is 1. The van der Waals surface area contributed by atoms with E-state index in [1.807, 2.05) is 42.5 Å². The van der Waals surface area contributed by atoms with Gasteiger partial charge in [-0.1, -0.05) is 18.2 Å². The van der Waals surface area contributed by atoms with Crippen LogP contribution in [0.5, 0.6) is 0 Å². The second kappa shape index (κ2) is 6.98. The third-order valence-corrected chi connectivity index (χ3v) is 3.11. The van der Waals surface area contributed by atoms with Gasteiger partial charge in [-0.25, -0.2) is 9.97 Å². The molecule has 106 valence electrons. The number of ether oxygens (including phenoxy) is 1. The highest BCUT2D eigenvalue weighted by molar-refractivity contribution is 5.62. The van der Waals surface area contributed by atoms with E-state index in [0.29, 0.717) is 19.1 Å². The highest BCUT2D eigenvalue weighted by atomic mass is 16.5. The Kier molecular flexibility index (Phi) is 5.03. The van der Waals surface area contributed by atoms with Gasteiger partial charge in [0.1, 0.15) is 0 Å². The molecule has 0 radical (unpaired) electrons. The normalized spacial score (nSPS) is 10.6. The van der Waals surface area contributed by atoms with Crippen molar-refractivity contribution in [3.05, 3.63) is 42.2 Å². The Hall–Kier alpha value is -1.98. The lowest BCUT2D eigenvalue weighted by Gasteiger charge is -2.16. The fourth-order valence-corrected chi connectivity index (χ4v) is 1.87. The van der Waals surface area contributed by atoms with Gasteiger partial charge >= 0.3 is 0 Å². The maximum Gasteiger partial charge on any atom is 0.225 e. The van der Waals surface area contributed by atoms with Gasteiger partial charge in [0, 0.05) is 45.2 Å². The van der Waals surface area contributed by atoms with E-state index in [-0.39, 0.29) is 0 Å². The van der Waals surface area contributed by atoms with Crippen LogP contribution in [0.4, 0.5) is 5.95 Å². The Morgan fingerprint density at radius 3 is 2.60 bits per heavy atom. The van der Waals surface area contributed by atoms with Gasteiger partial charge in [0.2, 0.25) is 5.95 Å². The summed E-state index contributed by atoms with van der Waals surface area (Å²) >= 11 is 0. The quantitative estimate of drug-likeness (QED) is 0.867. The fourth-order valence-electron chi connectivity index (χ4n) is 1.87. The molecular weight excluding hydrogens is 252 g/mol. The first-order valence-electron chi connectivity index (χ1n) is 6.56. The van der Waals surface area contributed by atoms with E-state index < -0.39 is 0 Å². The van der Waals surface area contributed by atoms with Crippen LogP contribution in [0, 0.1) is 0 Å². The van der Waals surface area contributed by atoms with Crippen molar-refractivity contribution < 1.29 is 4.74 Å². The van der Waals surface area contributed by atoms with Gasteiger partial charge in [-0.05, 0) is 17.2 Å². The molecule has 1 aromatic heterocycles. The number of hydrogen-bond donors (Lipinski definition) is 1. The van der Waals surface area contributed by atoms with Crippen LogP contribution in [0.2, 0.25) is 0 Å². The molecule has 0 atom stereocenters. The molecule has 2 aromatic rings. The van der Waals surface area contributed by atoms with Crippen molar-refractivity contribution in [3.63, 3.8) is 0 Å². The summed E-state index contributed by atoms with van der Waals surface area (Å²) in [6, 6.07) is 8.10. The van der Waals surface area contributed by atoms with Crippen LogP contribution in [0.3, 0.4) is 0 Å². The van der Waals surface area contributed by atoms with Crippen LogP contribution in [-0.2, 0) is 11.3 Å². The summed E-state index contributed by atoms with van der Waals surface area (Å²) in [6.07, 6.45) is 3.67. The third kappa shape index (κ3) is 3.53. The number of benzene rings is 1. The van der Waals surface area contributed by atoms with E-state index in [2.05, 4.69) is 16.0 Å². The predicted octanol–water partition coefficient (Wildman–Crippen LogP) is 1.68. The van der Waals surface area contributed by atoms with Crippen molar-refractivity contribution in [2.75, 3.05) is 32.2 Å². The SMILES string of the molecule is COCCN(C)c1ncc(-c2cccc(CN)c2)cn1. The van der Waals surface area contributed by atoms with Gasteiger partial charge in [0.25, 0.3) is 0 Å². The highest BCUT2D eigenvalue weighted by Gasteiger charge is 2.05. The van der Waals surface area contributed by atoms with Gasteiger partial charge in [-0.2, -0.15) is 0 Å². The van der Waals surface area contributed by atoms with Gasteiger partial charge < -0.3 is 15.4 Å². The molecule has 2 N–H and O–H groups in total. The molecule has 0 unspecified atom stereocenters. The van der Waals surface area contributed by atoms with E-state index >= 15 is 0 Å². The number of hydrogen-bond acceptors (Lipinski definition) is 5. The average Bonchev–Trinajstić information content (AvgIpc) is 2.52. The maximum atomic E-state index is 5.66. The second-order valence-corrected chi connectivity index (χ2v) is 4.59. The predicted molar refractivity (Wildman–Crippen MR) is 80.5 cm³/mol. The van der Waals surface area contributed by atoms with E-state index in [4.69, 9.17) is 10.5 Å². The molecule has 0 aliphatic heterocycles. The molecule has 0 aliphatic carbocycles. The second-order valence-electron chi connectivity index (χ2n) is 4.59. The minimum Gasteiger partial charge on any atom is -0.383 e. The minimum atomic E-state index is 0.534. The maximum absolute atomic E-state index is 5.66. The van der Waals surface area contributed by atoms with Crippen molar-refractivity contribution in [2.45, 2.75) is 6.54 Å². The molecular formula is C15H20N4O. The summed E-state index contributed by atoms with van der Waals surface area (Å²) < 4.78 is 5.04. The van der Waals surface area contributed by atoms with E-state index in [1.165, 1.54) is 0 Å². The molecule has 0 saturated carbocycles. The minimum absolute atomic E-state index is 0.534. The molecule has 0 aliphatic rings. The summed E-state index contributed by atoms with van der Waals surface area (Å²) in [5.74, 6) is 0.695. The number of rotatable bonds is 6. The van der Waals surface area contributed by atoms with Crippen molar-refractivity contribution in [1.82, 2.24) is 9.97 Å². The molecule has 0 saturated heterocycles. The summed E-state index contributed by atoms with van der Waals surface area (Å²) in [4.78, 5) is 10.7. The standard InChI is InChI=1S/C15H20N4O/c1-19(6-7-20-2)15-17-10-14(11-18-15)13-5-3-4-12(8-13)9-16/h3-5,8,10-11H,6-7,9,16H2,1-2H3. The lowest BCUT2D eigenvalue weighted by atomic mass is 10.1.